The molecule has 0 aromatic rings. The summed E-state index contributed by atoms with van der Waals surface area (Å²) in [7, 11) is 1.66. The highest BCUT2D eigenvalue weighted by molar-refractivity contribution is 5.81. The molecule has 0 saturated heterocycles. The van der Waals surface area contributed by atoms with Crippen molar-refractivity contribution in [3.63, 3.8) is 0 Å². The van der Waals surface area contributed by atoms with Crippen LogP contribution >= 0.6 is 0 Å². The minimum Gasteiger partial charge on any atom is -0.382 e. The largest absolute Gasteiger partial charge is 0.382 e. The number of rotatable bonds is 11. The van der Waals surface area contributed by atoms with Crippen LogP contribution in [0.3, 0.4) is 0 Å². The van der Waals surface area contributed by atoms with Crippen molar-refractivity contribution in [1.82, 2.24) is 10.2 Å². The molecule has 1 unspecified atom stereocenters. The lowest BCUT2D eigenvalue weighted by Crippen LogP contribution is -2.45. The van der Waals surface area contributed by atoms with Gasteiger partial charge in [0.1, 0.15) is 0 Å². The van der Waals surface area contributed by atoms with Crippen molar-refractivity contribution in [2.24, 2.45) is 0 Å². The average Bonchev–Trinajstić information content (AvgIpc) is 2.38. The molecule has 5 nitrogen and oxygen atoms in total. The van der Waals surface area contributed by atoms with E-state index in [4.69, 9.17) is 9.47 Å². The van der Waals surface area contributed by atoms with E-state index in [1.165, 1.54) is 0 Å². The van der Waals surface area contributed by atoms with E-state index in [-0.39, 0.29) is 11.9 Å². The Hall–Kier alpha value is -0.650. The number of nitrogens with one attached hydrogen (secondary N) is 1. The lowest BCUT2D eigenvalue weighted by Gasteiger charge is -2.23. The molecule has 0 bridgehead atoms. The highest BCUT2D eigenvalue weighted by Gasteiger charge is 2.16. The molecule has 0 aliphatic rings. The number of methoxy groups -OCH3 is 1. The van der Waals surface area contributed by atoms with Crippen LogP contribution in [0.5, 0.6) is 0 Å². The Bertz CT molecular complexity index is 208. The summed E-state index contributed by atoms with van der Waals surface area (Å²) in [6.07, 6.45) is 0.902. The molecule has 0 radical (unpaired) electrons. The summed E-state index contributed by atoms with van der Waals surface area (Å²) in [5.41, 5.74) is 0. The van der Waals surface area contributed by atoms with Crippen LogP contribution < -0.4 is 5.32 Å². The minimum absolute atomic E-state index is 0.121. The quantitative estimate of drug-likeness (QED) is 0.560. The van der Waals surface area contributed by atoms with Gasteiger partial charge in [0.15, 0.2) is 0 Å². The van der Waals surface area contributed by atoms with Crippen molar-refractivity contribution in [3.05, 3.63) is 0 Å². The summed E-state index contributed by atoms with van der Waals surface area (Å²) in [5, 5.41) is 3.22. The maximum absolute atomic E-state index is 11.9. The third-order valence-corrected chi connectivity index (χ3v) is 2.79. The molecule has 0 spiro atoms. The van der Waals surface area contributed by atoms with Crippen molar-refractivity contribution in [2.75, 3.05) is 46.6 Å². The number of nitrogens with zero attached hydrogens (tertiary/aromatic N) is 1. The van der Waals surface area contributed by atoms with E-state index in [0.29, 0.717) is 19.8 Å². The van der Waals surface area contributed by atoms with Crippen LogP contribution in [0, 0.1) is 0 Å². The molecule has 0 aliphatic heterocycles. The summed E-state index contributed by atoms with van der Waals surface area (Å²) in [5.74, 6) is 0.167. The Morgan fingerprint density at radius 1 is 1.22 bits per heavy atom. The van der Waals surface area contributed by atoms with Gasteiger partial charge in [0, 0.05) is 26.8 Å². The van der Waals surface area contributed by atoms with Gasteiger partial charge in [-0.15, -0.1) is 0 Å². The van der Waals surface area contributed by atoms with E-state index in [0.717, 1.165) is 26.1 Å². The molecule has 1 N–H and O–H groups in total. The van der Waals surface area contributed by atoms with Gasteiger partial charge in [0.2, 0.25) is 5.91 Å². The molecule has 0 rings (SSSR count). The number of carbonyl (C=O) groups is 1. The van der Waals surface area contributed by atoms with Crippen molar-refractivity contribution in [2.45, 2.75) is 33.2 Å². The molecule has 0 heterocycles. The van der Waals surface area contributed by atoms with Crippen molar-refractivity contribution in [3.8, 4) is 0 Å². The number of likely N-dealkylation sites (N-methyl/N-ethyl adjacent to an activating group) is 1. The Kier molecular flexibility index (Phi) is 11.0. The Morgan fingerprint density at radius 3 is 2.44 bits per heavy atom. The van der Waals surface area contributed by atoms with E-state index < -0.39 is 0 Å². The second kappa shape index (κ2) is 11.4. The van der Waals surface area contributed by atoms with E-state index in [1.807, 2.05) is 25.7 Å². The maximum atomic E-state index is 11.9. The summed E-state index contributed by atoms with van der Waals surface area (Å²) < 4.78 is 10.2. The van der Waals surface area contributed by atoms with Gasteiger partial charge in [-0.25, -0.2) is 0 Å². The molecule has 0 fully saturated rings. The van der Waals surface area contributed by atoms with E-state index in [9.17, 15) is 4.79 Å². The number of amides is 1. The maximum Gasteiger partial charge on any atom is 0.239 e. The standard InChI is InChI=1S/C13H28N2O3/c1-5-15(6-2)13(16)12(3)14-8-7-9-18-11-10-17-4/h12,14H,5-11H2,1-4H3. The van der Waals surface area contributed by atoms with Gasteiger partial charge >= 0.3 is 0 Å². The smallest absolute Gasteiger partial charge is 0.239 e. The molecular formula is C13H28N2O3. The van der Waals surface area contributed by atoms with Crippen LogP contribution in [0.25, 0.3) is 0 Å². The lowest BCUT2D eigenvalue weighted by molar-refractivity contribution is -0.132. The van der Waals surface area contributed by atoms with Gasteiger partial charge in [0.25, 0.3) is 0 Å². The van der Waals surface area contributed by atoms with E-state index in [2.05, 4.69) is 5.32 Å². The first-order chi connectivity index (χ1) is 8.67. The molecule has 0 aromatic carbocycles. The molecule has 5 heteroatoms. The SMILES string of the molecule is CCN(CC)C(=O)C(C)NCCCOCCOC. The fraction of sp³-hybridized carbons (Fsp3) is 0.923. The van der Waals surface area contributed by atoms with Gasteiger partial charge < -0.3 is 19.7 Å². The predicted molar refractivity (Wildman–Crippen MR) is 72.7 cm³/mol. The third-order valence-electron chi connectivity index (χ3n) is 2.79. The topological polar surface area (TPSA) is 50.8 Å². The van der Waals surface area contributed by atoms with Crippen LogP contribution in [0.4, 0.5) is 0 Å². The predicted octanol–water partition coefficient (Wildman–Crippen LogP) is 0.886. The van der Waals surface area contributed by atoms with Crippen molar-refractivity contribution in [1.29, 1.82) is 0 Å². The zero-order valence-corrected chi connectivity index (χ0v) is 12.2. The number of carbonyl (C=O) groups excluding carboxylic acids is 1. The minimum atomic E-state index is -0.121. The Labute approximate surface area is 111 Å². The molecule has 108 valence electrons. The first kappa shape index (κ1) is 17.4. The van der Waals surface area contributed by atoms with Crippen molar-refractivity contribution >= 4 is 5.91 Å². The fourth-order valence-corrected chi connectivity index (χ4v) is 1.63. The van der Waals surface area contributed by atoms with Crippen molar-refractivity contribution < 1.29 is 14.3 Å². The van der Waals surface area contributed by atoms with Crippen LogP contribution in [-0.4, -0.2) is 63.4 Å². The molecule has 0 aromatic heterocycles. The molecular weight excluding hydrogens is 232 g/mol. The summed E-state index contributed by atoms with van der Waals surface area (Å²) in [6, 6.07) is -0.121. The van der Waals surface area contributed by atoms with Gasteiger partial charge in [-0.2, -0.15) is 0 Å². The van der Waals surface area contributed by atoms with Crippen LogP contribution in [0.1, 0.15) is 27.2 Å². The van der Waals surface area contributed by atoms with Crippen LogP contribution in [0.15, 0.2) is 0 Å². The van der Waals surface area contributed by atoms with Crippen LogP contribution in [0.2, 0.25) is 0 Å². The number of ether oxygens (including phenoxy) is 2. The van der Waals surface area contributed by atoms with Gasteiger partial charge in [-0.3, -0.25) is 4.79 Å². The highest BCUT2D eigenvalue weighted by Crippen LogP contribution is 1.95. The third kappa shape index (κ3) is 7.63. The normalized spacial score (nSPS) is 12.4. The molecule has 0 aliphatic carbocycles. The first-order valence-corrected chi connectivity index (χ1v) is 6.76. The van der Waals surface area contributed by atoms with E-state index in [1.54, 1.807) is 7.11 Å². The zero-order valence-electron chi connectivity index (χ0n) is 12.2. The number of hydrogen-bond donors (Lipinski definition) is 1. The summed E-state index contributed by atoms with van der Waals surface area (Å²) >= 11 is 0. The second-order valence-electron chi connectivity index (χ2n) is 4.15. The Morgan fingerprint density at radius 2 is 1.89 bits per heavy atom. The first-order valence-electron chi connectivity index (χ1n) is 6.76. The van der Waals surface area contributed by atoms with Crippen LogP contribution in [-0.2, 0) is 14.3 Å². The zero-order chi connectivity index (χ0) is 13.8. The average molecular weight is 260 g/mol. The number of hydrogen-bond acceptors (Lipinski definition) is 4. The van der Waals surface area contributed by atoms with Gasteiger partial charge in [0.05, 0.1) is 19.3 Å². The lowest BCUT2D eigenvalue weighted by atomic mass is 10.2. The van der Waals surface area contributed by atoms with E-state index >= 15 is 0 Å². The molecule has 0 saturated carbocycles. The fourth-order valence-electron chi connectivity index (χ4n) is 1.63. The Balaban J connectivity index is 3.57. The molecule has 1 atom stereocenters. The second-order valence-corrected chi connectivity index (χ2v) is 4.15. The monoisotopic (exact) mass is 260 g/mol. The molecule has 1 amide bonds. The summed E-state index contributed by atoms with van der Waals surface area (Å²) in [4.78, 5) is 13.8. The molecule has 18 heavy (non-hydrogen) atoms. The van der Waals surface area contributed by atoms with Gasteiger partial charge in [-0.05, 0) is 33.7 Å². The van der Waals surface area contributed by atoms with Gasteiger partial charge in [-0.1, -0.05) is 0 Å². The summed E-state index contributed by atoms with van der Waals surface area (Å²) in [6.45, 7) is 10.2. The highest BCUT2D eigenvalue weighted by atomic mass is 16.5.